The normalized spacial score (nSPS) is 11.4. The molecule has 0 fully saturated rings. The number of hydrogen-bond donors (Lipinski definition) is 2. The topological polar surface area (TPSA) is 75.2 Å². The van der Waals surface area contributed by atoms with Crippen molar-refractivity contribution in [2.75, 3.05) is 50.2 Å². The van der Waals surface area contributed by atoms with Gasteiger partial charge in [0.25, 0.3) is 0 Å². The lowest BCUT2D eigenvalue weighted by Crippen LogP contribution is -2.29. The van der Waals surface area contributed by atoms with E-state index in [0.29, 0.717) is 5.95 Å². The van der Waals surface area contributed by atoms with Gasteiger partial charge in [0.15, 0.2) is 0 Å². The highest BCUT2D eigenvalue weighted by Crippen LogP contribution is 2.33. The second-order valence-corrected chi connectivity index (χ2v) is 8.96. The Labute approximate surface area is 195 Å². The van der Waals surface area contributed by atoms with Gasteiger partial charge in [0.1, 0.15) is 0 Å². The van der Waals surface area contributed by atoms with Crippen LogP contribution in [-0.2, 0) is 7.05 Å². The summed E-state index contributed by atoms with van der Waals surface area (Å²) in [6.45, 7) is 6.07. The molecular formula is C26H33N7. The van der Waals surface area contributed by atoms with Crippen LogP contribution in [0.25, 0.3) is 22.2 Å². The molecule has 33 heavy (non-hydrogen) atoms. The molecule has 0 amide bonds. The van der Waals surface area contributed by atoms with Gasteiger partial charge in [0.2, 0.25) is 5.95 Å². The number of aryl methyl sites for hydroxylation is 3. The molecule has 0 radical (unpaired) electrons. The van der Waals surface area contributed by atoms with Gasteiger partial charge >= 0.3 is 0 Å². The third-order valence-corrected chi connectivity index (χ3v) is 6.07. The average Bonchev–Trinajstić information content (AvgIpc) is 3.12. The lowest BCUT2D eigenvalue weighted by Gasteiger charge is -2.24. The van der Waals surface area contributed by atoms with Gasteiger partial charge in [-0.2, -0.15) is 0 Å². The van der Waals surface area contributed by atoms with Crippen LogP contribution in [0.5, 0.6) is 0 Å². The fourth-order valence-electron chi connectivity index (χ4n) is 4.15. The summed E-state index contributed by atoms with van der Waals surface area (Å²) in [6.07, 6.45) is 3.93. The minimum absolute atomic E-state index is 0.550. The summed E-state index contributed by atoms with van der Waals surface area (Å²) in [6, 6.07) is 12.4. The van der Waals surface area contributed by atoms with E-state index in [2.05, 4.69) is 97.2 Å². The maximum atomic E-state index is 6.41. The van der Waals surface area contributed by atoms with Gasteiger partial charge in [-0.25, -0.2) is 9.97 Å². The molecule has 2 heterocycles. The van der Waals surface area contributed by atoms with Crippen molar-refractivity contribution in [3.8, 4) is 11.3 Å². The number of nitrogen functional groups attached to an aromatic ring is 1. The molecule has 0 aliphatic carbocycles. The van der Waals surface area contributed by atoms with Crippen LogP contribution in [0.3, 0.4) is 0 Å². The Kier molecular flexibility index (Phi) is 6.24. The molecule has 7 nitrogen and oxygen atoms in total. The van der Waals surface area contributed by atoms with E-state index in [-0.39, 0.29) is 0 Å². The molecule has 0 aliphatic rings. The monoisotopic (exact) mass is 443 g/mol. The number of fused-ring (bicyclic) bond motifs is 1. The van der Waals surface area contributed by atoms with E-state index in [1.54, 1.807) is 6.20 Å². The molecule has 4 aromatic rings. The van der Waals surface area contributed by atoms with Crippen molar-refractivity contribution in [2.45, 2.75) is 13.8 Å². The highest BCUT2D eigenvalue weighted by Gasteiger charge is 2.14. The van der Waals surface area contributed by atoms with Crippen LogP contribution in [0.1, 0.15) is 11.1 Å². The largest absolute Gasteiger partial charge is 0.397 e. The van der Waals surface area contributed by atoms with Crippen LogP contribution >= 0.6 is 0 Å². The number of aromatic nitrogens is 3. The zero-order chi connectivity index (χ0) is 23.7. The highest BCUT2D eigenvalue weighted by molar-refractivity contribution is 5.97. The number of likely N-dealkylation sites (N-methyl/N-ethyl adjacent to an activating group) is 2. The number of rotatable bonds is 7. The zero-order valence-corrected chi connectivity index (χ0v) is 20.3. The average molecular weight is 444 g/mol. The molecule has 2 aromatic carbocycles. The number of nitrogens with one attached hydrogen (secondary N) is 1. The number of nitrogens with zero attached hydrogens (tertiary/aromatic N) is 5. The maximum Gasteiger partial charge on any atom is 0.227 e. The minimum Gasteiger partial charge on any atom is -0.397 e. The molecule has 2 aromatic heterocycles. The standard InChI is InChI=1S/C26H33N7/c1-17-8-7-9-23-25(17)19(16-33(23)6)21-10-11-28-26(29-21)30-22-15-20(27)24(14-18(22)2)32(5)13-12-31(3)4/h7-11,14-16H,12-13,27H2,1-6H3,(H,28,29,30). The molecule has 7 heteroatoms. The van der Waals surface area contributed by atoms with E-state index in [0.717, 1.165) is 47.0 Å². The van der Waals surface area contributed by atoms with Gasteiger partial charge in [-0.3, -0.25) is 0 Å². The summed E-state index contributed by atoms with van der Waals surface area (Å²) in [5.41, 5.74) is 14.6. The molecule has 0 bridgehead atoms. The van der Waals surface area contributed by atoms with Gasteiger partial charge < -0.3 is 25.4 Å². The van der Waals surface area contributed by atoms with Gasteiger partial charge in [-0.05, 0) is 63.3 Å². The molecule has 172 valence electrons. The summed E-state index contributed by atoms with van der Waals surface area (Å²) >= 11 is 0. The zero-order valence-electron chi connectivity index (χ0n) is 20.3. The van der Waals surface area contributed by atoms with Crippen LogP contribution in [0, 0.1) is 13.8 Å². The Morgan fingerprint density at radius 2 is 1.82 bits per heavy atom. The van der Waals surface area contributed by atoms with Gasteiger partial charge in [-0.1, -0.05) is 12.1 Å². The molecule has 4 rings (SSSR count). The van der Waals surface area contributed by atoms with Crippen LogP contribution < -0.4 is 16.0 Å². The van der Waals surface area contributed by atoms with E-state index >= 15 is 0 Å². The first-order valence-electron chi connectivity index (χ1n) is 11.2. The van der Waals surface area contributed by atoms with Gasteiger partial charge in [0, 0.05) is 61.7 Å². The Hall–Kier alpha value is -3.58. The fraction of sp³-hybridized carbons (Fsp3) is 0.308. The van der Waals surface area contributed by atoms with Crippen LogP contribution in [0.4, 0.5) is 23.0 Å². The summed E-state index contributed by atoms with van der Waals surface area (Å²) in [7, 11) is 8.28. The second-order valence-electron chi connectivity index (χ2n) is 8.96. The van der Waals surface area contributed by atoms with E-state index in [1.165, 1.54) is 16.5 Å². The predicted octanol–water partition coefficient (Wildman–Crippen LogP) is 4.58. The number of anilines is 4. The molecule has 0 atom stereocenters. The molecule has 0 unspecified atom stereocenters. The van der Waals surface area contributed by atoms with Gasteiger partial charge in [0.05, 0.1) is 17.1 Å². The first kappa shape index (κ1) is 22.6. The molecular weight excluding hydrogens is 410 g/mol. The van der Waals surface area contributed by atoms with Crippen LogP contribution in [-0.4, -0.2) is 53.7 Å². The predicted molar refractivity (Wildman–Crippen MR) is 139 cm³/mol. The third-order valence-electron chi connectivity index (χ3n) is 6.07. The van der Waals surface area contributed by atoms with Crippen LogP contribution in [0.15, 0.2) is 48.8 Å². The van der Waals surface area contributed by atoms with Crippen molar-refractivity contribution < 1.29 is 0 Å². The third kappa shape index (κ3) is 4.64. The number of nitrogens with two attached hydrogens (primary N) is 1. The molecule has 0 aliphatic heterocycles. The maximum absolute atomic E-state index is 6.41. The molecule has 0 spiro atoms. The van der Waals surface area contributed by atoms with Crippen molar-refractivity contribution in [3.63, 3.8) is 0 Å². The van der Waals surface area contributed by atoms with Crippen molar-refractivity contribution >= 4 is 33.9 Å². The smallest absolute Gasteiger partial charge is 0.227 e. The highest BCUT2D eigenvalue weighted by atomic mass is 15.2. The quantitative estimate of drug-likeness (QED) is 0.407. The first-order valence-corrected chi connectivity index (χ1v) is 11.2. The number of benzene rings is 2. The Balaban J connectivity index is 1.63. The SMILES string of the molecule is Cc1cc(N(C)CCN(C)C)c(N)cc1Nc1nccc(-c2cn(C)c3cccc(C)c23)n1. The Bertz CT molecular complexity index is 1290. The summed E-state index contributed by atoms with van der Waals surface area (Å²) in [5.74, 6) is 0.550. The molecule has 3 N–H and O–H groups in total. The van der Waals surface area contributed by atoms with Crippen molar-refractivity contribution in [1.29, 1.82) is 0 Å². The first-order chi connectivity index (χ1) is 15.7. The van der Waals surface area contributed by atoms with Crippen molar-refractivity contribution in [3.05, 3.63) is 59.9 Å². The van der Waals surface area contributed by atoms with E-state index in [9.17, 15) is 0 Å². The van der Waals surface area contributed by atoms with Crippen LogP contribution in [0.2, 0.25) is 0 Å². The molecule has 0 saturated carbocycles. The Morgan fingerprint density at radius 1 is 1.03 bits per heavy atom. The molecule has 0 saturated heterocycles. The summed E-state index contributed by atoms with van der Waals surface area (Å²) in [5, 5.41) is 4.59. The fourth-order valence-corrected chi connectivity index (χ4v) is 4.15. The lowest BCUT2D eigenvalue weighted by molar-refractivity contribution is 0.416. The van der Waals surface area contributed by atoms with E-state index < -0.39 is 0 Å². The number of hydrogen-bond acceptors (Lipinski definition) is 6. The van der Waals surface area contributed by atoms with Crippen molar-refractivity contribution in [2.24, 2.45) is 7.05 Å². The van der Waals surface area contributed by atoms with E-state index in [1.807, 2.05) is 12.1 Å². The minimum atomic E-state index is 0.550. The van der Waals surface area contributed by atoms with Gasteiger partial charge in [-0.15, -0.1) is 0 Å². The lowest BCUT2D eigenvalue weighted by atomic mass is 10.1. The van der Waals surface area contributed by atoms with E-state index in [4.69, 9.17) is 10.7 Å². The summed E-state index contributed by atoms with van der Waals surface area (Å²) in [4.78, 5) is 13.6. The van der Waals surface area contributed by atoms with Crippen molar-refractivity contribution in [1.82, 2.24) is 19.4 Å². The second kappa shape index (κ2) is 9.11. The summed E-state index contributed by atoms with van der Waals surface area (Å²) < 4.78 is 2.14. The Morgan fingerprint density at radius 3 is 2.58 bits per heavy atom.